The molecule has 0 aliphatic rings. The Bertz CT molecular complexity index is 136. The highest BCUT2D eigenvalue weighted by molar-refractivity contribution is 7.51. The molecule has 0 aliphatic carbocycles. The molecule has 0 bridgehead atoms. The van der Waals surface area contributed by atoms with Crippen molar-refractivity contribution in [3.8, 4) is 0 Å². The van der Waals surface area contributed by atoms with Crippen LogP contribution >= 0.6 is 7.60 Å². The summed E-state index contributed by atoms with van der Waals surface area (Å²) in [7, 11) is -3.81. The number of nitrogens with one attached hydrogen (secondary N) is 1. The van der Waals surface area contributed by atoms with Gasteiger partial charge in [-0.2, -0.15) is 0 Å². The Morgan fingerprint density at radius 1 is 1.36 bits per heavy atom. The molecule has 5 nitrogen and oxygen atoms in total. The molecule has 0 aromatic heterocycles. The average molecular weight is 182 g/mol. The SMILES string of the molecule is NCCCNCCP(=O)(O)O. The van der Waals surface area contributed by atoms with Crippen molar-refractivity contribution in [1.29, 1.82) is 0 Å². The Kier molecular flexibility index (Phi) is 5.72. The standard InChI is InChI=1S/C5H15N2O3P/c6-2-1-3-7-4-5-11(8,9)10/h7H,1-6H2,(H2,8,9,10). The summed E-state index contributed by atoms with van der Waals surface area (Å²) in [4.78, 5) is 16.8. The molecule has 0 saturated heterocycles. The molecule has 0 fully saturated rings. The smallest absolute Gasteiger partial charge is 0.326 e. The Morgan fingerprint density at radius 3 is 2.45 bits per heavy atom. The van der Waals surface area contributed by atoms with Gasteiger partial charge in [0.25, 0.3) is 0 Å². The lowest BCUT2D eigenvalue weighted by molar-refractivity contribution is 0.372. The zero-order valence-corrected chi connectivity index (χ0v) is 7.26. The van der Waals surface area contributed by atoms with E-state index in [4.69, 9.17) is 15.5 Å². The van der Waals surface area contributed by atoms with Crippen molar-refractivity contribution < 1.29 is 14.4 Å². The molecule has 11 heavy (non-hydrogen) atoms. The van der Waals surface area contributed by atoms with Crippen LogP contribution in [0.25, 0.3) is 0 Å². The van der Waals surface area contributed by atoms with Gasteiger partial charge in [0, 0.05) is 6.54 Å². The molecule has 68 valence electrons. The minimum Gasteiger partial charge on any atom is -0.330 e. The van der Waals surface area contributed by atoms with E-state index in [0.717, 1.165) is 13.0 Å². The first kappa shape index (κ1) is 11.1. The van der Waals surface area contributed by atoms with Crippen LogP contribution in [0.3, 0.4) is 0 Å². The Labute approximate surface area is 66.1 Å². The number of rotatable bonds is 6. The molecule has 0 rings (SSSR count). The van der Waals surface area contributed by atoms with E-state index in [1.807, 2.05) is 0 Å². The molecule has 0 atom stereocenters. The predicted molar refractivity (Wildman–Crippen MR) is 43.5 cm³/mol. The van der Waals surface area contributed by atoms with E-state index in [1.54, 1.807) is 0 Å². The molecule has 6 heteroatoms. The summed E-state index contributed by atoms with van der Waals surface area (Å²) in [6.07, 6.45) is 0.735. The van der Waals surface area contributed by atoms with Gasteiger partial charge in [-0.15, -0.1) is 0 Å². The third-order valence-electron chi connectivity index (χ3n) is 1.14. The van der Waals surface area contributed by atoms with E-state index < -0.39 is 7.60 Å². The van der Waals surface area contributed by atoms with Crippen LogP contribution in [0.4, 0.5) is 0 Å². The minimum absolute atomic E-state index is 0.0996. The fraction of sp³-hybridized carbons (Fsp3) is 1.00. The van der Waals surface area contributed by atoms with Crippen LogP contribution in [0.5, 0.6) is 0 Å². The third-order valence-corrected chi connectivity index (χ3v) is 1.94. The van der Waals surface area contributed by atoms with E-state index in [-0.39, 0.29) is 6.16 Å². The molecule has 0 aromatic carbocycles. The summed E-state index contributed by atoms with van der Waals surface area (Å²) in [5.74, 6) is 0. The fourth-order valence-corrected chi connectivity index (χ4v) is 1.03. The Morgan fingerprint density at radius 2 is 2.00 bits per heavy atom. The molecule has 0 radical (unpaired) electrons. The lowest BCUT2D eigenvalue weighted by Gasteiger charge is -2.04. The summed E-state index contributed by atoms with van der Waals surface area (Å²) in [5, 5.41) is 2.87. The molecule has 0 unspecified atom stereocenters. The van der Waals surface area contributed by atoms with Crippen molar-refractivity contribution in [1.82, 2.24) is 5.32 Å². The van der Waals surface area contributed by atoms with E-state index in [9.17, 15) is 4.57 Å². The van der Waals surface area contributed by atoms with Crippen molar-refractivity contribution >= 4 is 7.60 Å². The minimum atomic E-state index is -3.81. The van der Waals surface area contributed by atoms with Gasteiger partial charge in [0.2, 0.25) is 0 Å². The summed E-state index contributed by atoms with van der Waals surface area (Å²) in [5.41, 5.74) is 5.20. The first-order valence-corrected chi connectivity index (χ1v) is 5.31. The van der Waals surface area contributed by atoms with Gasteiger partial charge in [-0.25, -0.2) is 0 Å². The van der Waals surface area contributed by atoms with Crippen LogP contribution in [-0.2, 0) is 4.57 Å². The van der Waals surface area contributed by atoms with Crippen LogP contribution < -0.4 is 11.1 Å². The van der Waals surface area contributed by atoms with E-state index in [2.05, 4.69) is 5.32 Å². The fourth-order valence-electron chi connectivity index (χ4n) is 0.577. The molecule has 0 aliphatic heterocycles. The van der Waals surface area contributed by atoms with E-state index in [0.29, 0.717) is 13.1 Å². The van der Waals surface area contributed by atoms with Crippen LogP contribution in [0, 0.1) is 0 Å². The summed E-state index contributed by atoms with van der Waals surface area (Å²) in [6, 6.07) is 0. The second-order valence-electron chi connectivity index (χ2n) is 2.28. The third kappa shape index (κ3) is 10.1. The zero-order valence-electron chi connectivity index (χ0n) is 6.36. The van der Waals surface area contributed by atoms with Crippen LogP contribution in [0.2, 0.25) is 0 Å². The van der Waals surface area contributed by atoms with Crippen molar-refractivity contribution in [2.24, 2.45) is 5.73 Å². The zero-order chi connectivity index (χ0) is 8.74. The maximum absolute atomic E-state index is 10.3. The molecule has 0 spiro atoms. The highest BCUT2D eigenvalue weighted by atomic mass is 31.2. The van der Waals surface area contributed by atoms with Crippen LogP contribution in [-0.4, -0.2) is 35.6 Å². The van der Waals surface area contributed by atoms with Gasteiger partial charge in [0.05, 0.1) is 6.16 Å². The summed E-state index contributed by atoms with van der Waals surface area (Å²) in [6.45, 7) is 1.67. The van der Waals surface area contributed by atoms with Crippen molar-refractivity contribution in [2.75, 3.05) is 25.8 Å². The molecule has 0 heterocycles. The number of nitrogens with two attached hydrogens (primary N) is 1. The first-order valence-electron chi connectivity index (χ1n) is 3.51. The molecular weight excluding hydrogens is 167 g/mol. The lowest BCUT2D eigenvalue weighted by atomic mass is 10.4. The van der Waals surface area contributed by atoms with Gasteiger partial charge in [0.15, 0.2) is 0 Å². The van der Waals surface area contributed by atoms with Crippen molar-refractivity contribution in [2.45, 2.75) is 6.42 Å². The topological polar surface area (TPSA) is 95.6 Å². The van der Waals surface area contributed by atoms with Crippen molar-refractivity contribution in [3.63, 3.8) is 0 Å². The maximum atomic E-state index is 10.3. The summed E-state index contributed by atoms with van der Waals surface area (Å²) < 4.78 is 10.3. The van der Waals surface area contributed by atoms with Gasteiger partial charge in [0.1, 0.15) is 0 Å². The van der Waals surface area contributed by atoms with Crippen LogP contribution in [0.1, 0.15) is 6.42 Å². The number of hydrogen-bond donors (Lipinski definition) is 4. The highest BCUT2D eigenvalue weighted by Crippen LogP contribution is 2.32. The normalized spacial score (nSPS) is 11.9. The first-order chi connectivity index (χ1) is 5.06. The average Bonchev–Trinajstić information content (AvgIpc) is 1.85. The molecule has 5 N–H and O–H groups in total. The largest absolute Gasteiger partial charge is 0.330 e. The van der Waals surface area contributed by atoms with Crippen LogP contribution in [0.15, 0.2) is 0 Å². The van der Waals surface area contributed by atoms with E-state index in [1.165, 1.54) is 0 Å². The van der Waals surface area contributed by atoms with E-state index >= 15 is 0 Å². The maximum Gasteiger partial charge on any atom is 0.326 e. The van der Waals surface area contributed by atoms with Gasteiger partial charge in [-0.3, -0.25) is 4.57 Å². The molecule has 0 saturated carbocycles. The molecular formula is C5H15N2O3P. The molecule has 0 amide bonds. The van der Waals surface area contributed by atoms with Gasteiger partial charge >= 0.3 is 7.60 Å². The quantitative estimate of drug-likeness (QED) is 0.315. The molecule has 0 aromatic rings. The second-order valence-corrected chi connectivity index (χ2v) is 4.06. The van der Waals surface area contributed by atoms with Gasteiger partial charge in [-0.1, -0.05) is 0 Å². The van der Waals surface area contributed by atoms with Gasteiger partial charge < -0.3 is 20.8 Å². The van der Waals surface area contributed by atoms with Gasteiger partial charge in [-0.05, 0) is 19.5 Å². The monoisotopic (exact) mass is 182 g/mol. The Balaban J connectivity index is 3.09. The summed E-state index contributed by atoms with van der Waals surface area (Å²) >= 11 is 0. The van der Waals surface area contributed by atoms with Crippen molar-refractivity contribution in [3.05, 3.63) is 0 Å². The predicted octanol–water partition coefficient (Wildman–Crippen LogP) is -0.897. The number of hydrogen-bond acceptors (Lipinski definition) is 3. The second kappa shape index (κ2) is 5.69. The highest BCUT2D eigenvalue weighted by Gasteiger charge is 2.10. The Hall–Kier alpha value is 0.0700. The lowest BCUT2D eigenvalue weighted by Crippen LogP contribution is -2.21.